The van der Waals surface area contributed by atoms with Crippen LogP contribution in [0.3, 0.4) is 0 Å². The van der Waals surface area contributed by atoms with Gasteiger partial charge in [-0.3, -0.25) is 0 Å². The second kappa shape index (κ2) is 5.61. The maximum Gasteiger partial charge on any atom is 0.336 e. The molecule has 3 nitrogen and oxygen atoms in total. The molecule has 0 aliphatic heterocycles. The Balaban J connectivity index is 1.97. The number of aromatic carboxylic acids is 1. The summed E-state index contributed by atoms with van der Waals surface area (Å²) in [4.78, 5) is 11.0. The van der Waals surface area contributed by atoms with Crippen LogP contribution in [-0.2, 0) is 13.1 Å². The highest BCUT2D eigenvalue weighted by atomic mass is 32.1. The quantitative estimate of drug-likeness (QED) is 0.854. The maximum absolute atomic E-state index is 11.0. The third-order valence-electron chi connectivity index (χ3n) is 2.47. The summed E-state index contributed by atoms with van der Waals surface area (Å²) < 4.78 is 0. The van der Waals surface area contributed by atoms with Crippen molar-refractivity contribution in [1.29, 1.82) is 0 Å². The normalized spacial score (nSPS) is 10.4. The van der Waals surface area contributed by atoms with E-state index in [4.69, 9.17) is 5.11 Å². The summed E-state index contributed by atoms with van der Waals surface area (Å²) in [7, 11) is 0. The molecule has 1 aromatic heterocycles. The predicted molar refractivity (Wildman–Crippen MR) is 68.3 cm³/mol. The summed E-state index contributed by atoms with van der Waals surface area (Å²) in [5.41, 5.74) is 2.41. The molecule has 0 radical (unpaired) electrons. The topological polar surface area (TPSA) is 49.3 Å². The van der Waals surface area contributed by atoms with Gasteiger partial charge in [-0.15, -0.1) is 0 Å². The lowest BCUT2D eigenvalue weighted by molar-refractivity contribution is 0.0695. The number of thiophene rings is 1. The van der Waals surface area contributed by atoms with Crippen LogP contribution in [0.4, 0.5) is 0 Å². The van der Waals surface area contributed by atoms with Crippen LogP contribution in [0.1, 0.15) is 21.5 Å². The Kier molecular flexibility index (Phi) is 3.90. The molecule has 0 saturated heterocycles. The molecular weight excluding hydrogens is 234 g/mol. The highest BCUT2D eigenvalue weighted by Gasteiger charge is 2.07. The average molecular weight is 247 g/mol. The predicted octanol–water partition coefficient (Wildman–Crippen LogP) is 2.74. The van der Waals surface area contributed by atoms with Gasteiger partial charge in [0.1, 0.15) is 0 Å². The third kappa shape index (κ3) is 3.15. The van der Waals surface area contributed by atoms with E-state index in [1.165, 1.54) is 5.56 Å². The van der Waals surface area contributed by atoms with Crippen LogP contribution in [0.15, 0.2) is 41.1 Å². The number of carbonyl (C=O) groups is 1. The number of carboxylic acid groups (broad SMARTS) is 1. The molecule has 0 atom stereocenters. The molecule has 2 aromatic rings. The first-order valence-corrected chi connectivity index (χ1v) is 6.24. The molecule has 2 rings (SSSR count). The molecule has 0 aliphatic rings. The average Bonchev–Trinajstić information content (AvgIpc) is 2.82. The van der Waals surface area contributed by atoms with Crippen molar-refractivity contribution in [3.05, 3.63) is 57.8 Å². The number of carboxylic acids is 1. The van der Waals surface area contributed by atoms with E-state index in [0.717, 1.165) is 12.1 Å². The van der Waals surface area contributed by atoms with E-state index in [0.29, 0.717) is 12.1 Å². The first-order chi connectivity index (χ1) is 8.27. The van der Waals surface area contributed by atoms with Crippen LogP contribution in [-0.4, -0.2) is 11.1 Å². The molecule has 0 amide bonds. The molecule has 4 heteroatoms. The lowest BCUT2D eigenvalue weighted by Gasteiger charge is -2.06. The van der Waals surface area contributed by atoms with E-state index in [9.17, 15) is 4.79 Å². The zero-order valence-electron chi connectivity index (χ0n) is 9.22. The maximum atomic E-state index is 11.0. The molecule has 0 bridgehead atoms. The molecule has 0 fully saturated rings. The molecule has 1 aromatic carbocycles. The van der Waals surface area contributed by atoms with Gasteiger partial charge in [-0.2, -0.15) is 11.3 Å². The molecule has 88 valence electrons. The lowest BCUT2D eigenvalue weighted by Crippen LogP contribution is -2.15. The van der Waals surface area contributed by atoms with Crippen molar-refractivity contribution in [1.82, 2.24) is 5.32 Å². The first-order valence-electron chi connectivity index (χ1n) is 5.30. The number of nitrogens with one attached hydrogen (secondary N) is 1. The smallest absolute Gasteiger partial charge is 0.336 e. The van der Waals surface area contributed by atoms with Gasteiger partial charge in [0.05, 0.1) is 5.56 Å². The van der Waals surface area contributed by atoms with Gasteiger partial charge in [0, 0.05) is 13.1 Å². The van der Waals surface area contributed by atoms with Gasteiger partial charge in [0.25, 0.3) is 0 Å². The summed E-state index contributed by atoms with van der Waals surface area (Å²) in [5, 5.41) is 16.4. The van der Waals surface area contributed by atoms with E-state index in [2.05, 4.69) is 16.8 Å². The summed E-state index contributed by atoms with van der Waals surface area (Å²) in [6.07, 6.45) is 0. The molecular formula is C13H13NO2S. The Bertz CT molecular complexity index is 494. The Morgan fingerprint density at radius 1 is 1.24 bits per heavy atom. The minimum Gasteiger partial charge on any atom is -0.478 e. The van der Waals surface area contributed by atoms with Crippen molar-refractivity contribution in [3.63, 3.8) is 0 Å². The van der Waals surface area contributed by atoms with Crippen molar-refractivity contribution in [3.8, 4) is 0 Å². The van der Waals surface area contributed by atoms with Gasteiger partial charge in [0.2, 0.25) is 0 Å². The lowest BCUT2D eigenvalue weighted by atomic mass is 10.1. The minimum absolute atomic E-state index is 0.366. The molecule has 0 saturated carbocycles. The van der Waals surface area contributed by atoms with Crippen molar-refractivity contribution < 1.29 is 9.90 Å². The van der Waals surface area contributed by atoms with E-state index in [1.807, 2.05) is 17.5 Å². The van der Waals surface area contributed by atoms with Crippen LogP contribution >= 0.6 is 11.3 Å². The Morgan fingerprint density at radius 3 is 2.76 bits per heavy atom. The van der Waals surface area contributed by atoms with Gasteiger partial charge in [0.15, 0.2) is 0 Å². The van der Waals surface area contributed by atoms with E-state index >= 15 is 0 Å². The van der Waals surface area contributed by atoms with Gasteiger partial charge >= 0.3 is 5.97 Å². The molecule has 1 heterocycles. The van der Waals surface area contributed by atoms with Crippen molar-refractivity contribution >= 4 is 17.3 Å². The van der Waals surface area contributed by atoms with E-state index in [1.54, 1.807) is 23.5 Å². The first kappa shape index (κ1) is 11.8. The molecule has 17 heavy (non-hydrogen) atoms. The van der Waals surface area contributed by atoms with Gasteiger partial charge in [-0.1, -0.05) is 18.2 Å². The van der Waals surface area contributed by atoms with Crippen molar-refractivity contribution in [2.75, 3.05) is 0 Å². The highest BCUT2D eigenvalue weighted by molar-refractivity contribution is 7.07. The fraction of sp³-hybridized carbons (Fsp3) is 0.154. The molecule has 0 unspecified atom stereocenters. The second-order valence-electron chi connectivity index (χ2n) is 3.70. The SMILES string of the molecule is O=C(O)c1ccccc1CNCc1ccsc1. The fourth-order valence-corrected chi connectivity index (χ4v) is 2.29. The Morgan fingerprint density at radius 2 is 2.06 bits per heavy atom. The second-order valence-corrected chi connectivity index (χ2v) is 4.48. The summed E-state index contributed by atoms with van der Waals surface area (Å²) >= 11 is 1.66. The van der Waals surface area contributed by atoms with Crippen LogP contribution in [0, 0.1) is 0 Å². The number of benzene rings is 1. The molecule has 2 N–H and O–H groups in total. The van der Waals surface area contributed by atoms with Crippen molar-refractivity contribution in [2.45, 2.75) is 13.1 Å². The number of rotatable bonds is 5. The zero-order valence-corrected chi connectivity index (χ0v) is 10.0. The van der Waals surface area contributed by atoms with Crippen molar-refractivity contribution in [2.24, 2.45) is 0 Å². The highest BCUT2D eigenvalue weighted by Crippen LogP contribution is 2.09. The number of hydrogen-bond acceptors (Lipinski definition) is 3. The fourth-order valence-electron chi connectivity index (χ4n) is 1.62. The van der Waals surface area contributed by atoms with Gasteiger partial charge < -0.3 is 10.4 Å². The Labute approximate surface area is 104 Å². The third-order valence-corrected chi connectivity index (χ3v) is 3.20. The monoisotopic (exact) mass is 247 g/mol. The Hall–Kier alpha value is -1.65. The number of hydrogen-bond donors (Lipinski definition) is 2. The molecule has 0 spiro atoms. The van der Waals surface area contributed by atoms with E-state index < -0.39 is 5.97 Å². The van der Waals surface area contributed by atoms with Crippen LogP contribution in [0.2, 0.25) is 0 Å². The van der Waals surface area contributed by atoms with Crippen LogP contribution in [0.25, 0.3) is 0 Å². The summed E-state index contributed by atoms with van der Waals surface area (Å²) in [6.45, 7) is 1.33. The zero-order chi connectivity index (χ0) is 12.1. The summed E-state index contributed by atoms with van der Waals surface area (Å²) in [5.74, 6) is -0.877. The standard InChI is InChI=1S/C13H13NO2S/c15-13(16)12-4-2-1-3-11(12)8-14-7-10-5-6-17-9-10/h1-6,9,14H,7-8H2,(H,15,16). The van der Waals surface area contributed by atoms with Gasteiger partial charge in [-0.25, -0.2) is 4.79 Å². The van der Waals surface area contributed by atoms with E-state index in [-0.39, 0.29) is 0 Å². The van der Waals surface area contributed by atoms with Crippen LogP contribution < -0.4 is 5.32 Å². The van der Waals surface area contributed by atoms with Gasteiger partial charge in [-0.05, 0) is 34.0 Å². The minimum atomic E-state index is -0.877. The summed E-state index contributed by atoms with van der Waals surface area (Å²) in [6, 6.07) is 9.12. The largest absolute Gasteiger partial charge is 0.478 e. The molecule has 0 aliphatic carbocycles. The van der Waals surface area contributed by atoms with Crippen LogP contribution in [0.5, 0.6) is 0 Å².